The van der Waals surface area contributed by atoms with Crippen molar-refractivity contribution in [1.29, 1.82) is 0 Å². The molecule has 0 aliphatic heterocycles. The van der Waals surface area contributed by atoms with Crippen LogP contribution in [0.1, 0.15) is 18.4 Å². The van der Waals surface area contributed by atoms with E-state index in [1.807, 2.05) is 0 Å². The molecule has 0 aliphatic carbocycles. The Morgan fingerprint density at radius 2 is 1.92 bits per heavy atom. The molecule has 7 heteroatoms. The van der Waals surface area contributed by atoms with Gasteiger partial charge in [-0.15, -0.1) is 0 Å². The molecule has 0 saturated heterocycles. The Morgan fingerprint density at radius 3 is 2.60 bits per heavy atom. The molecule has 0 heterocycles. The minimum absolute atomic E-state index is 0.148. The summed E-state index contributed by atoms with van der Waals surface area (Å²) in [6.45, 7) is 0. The molecule has 1 N–H and O–H groups in total. The molecule has 2 rings (SSSR count). The number of sulfonamides is 1. The quantitative estimate of drug-likeness (QED) is 0.640. The molecule has 2 aromatic rings. The van der Waals surface area contributed by atoms with Gasteiger partial charge in [0.05, 0.1) is 29.7 Å². The first-order valence-electron chi connectivity index (χ1n) is 7.35. The third-order valence-electron chi connectivity index (χ3n) is 3.18. The number of rotatable bonds is 5. The predicted molar refractivity (Wildman–Crippen MR) is 96.8 cm³/mol. The lowest BCUT2D eigenvalue weighted by Crippen LogP contribution is -2.13. The van der Waals surface area contributed by atoms with Gasteiger partial charge in [0.1, 0.15) is 0 Å². The molecule has 25 heavy (non-hydrogen) atoms. The molecular formula is C18H16ClNO4S. The van der Waals surface area contributed by atoms with Crippen molar-refractivity contribution >= 4 is 33.3 Å². The van der Waals surface area contributed by atoms with Gasteiger partial charge in [-0.3, -0.25) is 9.52 Å². The second kappa shape index (κ2) is 8.56. The van der Waals surface area contributed by atoms with Crippen LogP contribution >= 0.6 is 11.6 Å². The third-order valence-corrected chi connectivity index (χ3v) is 4.80. The highest BCUT2D eigenvalue weighted by Gasteiger charge is 2.15. The second-order valence-corrected chi connectivity index (χ2v) is 7.11. The van der Waals surface area contributed by atoms with E-state index in [0.717, 1.165) is 0 Å². The topological polar surface area (TPSA) is 72.5 Å². The number of ether oxygens (including phenoxy) is 1. The summed E-state index contributed by atoms with van der Waals surface area (Å²) in [5.74, 6) is 5.30. The SMILES string of the molecule is COC(=O)CCC#Cc1cc(Cl)ccc1NS(=O)(=O)c1ccccc1. The van der Waals surface area contributed by atoms with Gasteiger partial charge in [-0.1, -0.05) is 41.6 Å². The number of anilines is 1. The van der Waals surface area contributed by atoms with Crippen LogP contribution in [0, 0.1) is 11.8 Å². The second-order valence-electron chi connectivity index (χ2n) is 4.99. The van der Waals surface area contributed by atoms with Crippen molar-refractivity contribution in [3.8, 4) is 11.8 Å². The fourth-order valence-electron chi connectivity index (χ4n) is 1.94. The zero-order valence-corrected chi connectivity index (χ0v) is 15.0. The van der Waals surface area contributed by atoms with Crippen molar-refractivity contribution in [3.63, 3.8) is 0 Å². The zero-order valence-electron chi connectivity index (χ0n) is 13.5. The summed E-state index contributed by atoms with van der Waals surface area (Å²) >= 11 is 5.97. The summed E-state index contributed by atoms with van der Waals surface area (Å²) in [5, 5.41) is 0.430. The molecule has 0 aromatic heterocycles. The molecule has 0 atom stereocenters. The van der Waals surface area contributed by atoms with Gasteiger partial charge in [-0.2, -0.15) is 0 Å². The van der Waals surface area contributed by atoms with Gasteiger partial charge in [0.25, 0.3) is 10.0 Å². The van der Waals surface area contributed by atoms with Gasteiger partial charge in [0, 0.05) is 11.4 Å². The number of esters is 1. The van der Waals surface area contributed by atoms with Crippen LogP contribution in [-0.2, 0) is 19.6 Å². The largest absolute Gasteiger partial charge is 0.469 e. The van der Waals surface area contributed by atoms with Gasteiger partial charge >= 0.3 is 5.97 Å². The van der Waals surface area contributed by atoms with E-state index in [-0.39, 0.29) is 17.3 Å². The Balaban J connectivity index is 2.24. The fraction of sp³-hybridized carbons (Fsp3) is 0.167. The Labute approximate surface area is 152 Å². The summed E-state index contributed by atoms with van der Waals surface area (Å²) in [6, 6.07) is 12.7. The van der Waals surface area contributed by atoms with Crippen LogP contribution in [0.25, 0.3) is 0 Å². The number of benzene rings is 2. The number of carbonyl (C=O) groups excluding carboxylic acids is 1. The lowest BCUT2D eigenvalue weighted by atomic mass is 10.2. The molecule has 0 aliphatic rings. The van der Waals surface area contributed by atoms with Crippen LogP contribution in [0.5, 0.6) is 0 Å². The van der Waals surface area contributed by atoms with Crippen LogP contribution in [0.4, 0.5) is 5.69 Å². The van der Waals surface area contributed by atoms with E-state index in [4.69, 9.17) is 11.6 Å². The zero-order chi connectivity index (χ0) is 18.3. The van der Waals surface area contributed by atoms with Crippen LogP contribution in [0.3, 0.4) is 0 Å². The van der Waals surface area contributed by atoms with Gasteiger partial charge in [-0.05, 0) is 30.3 Å². The predicted octanol–water partition coefficient (Wildman–Crippen LogP) is 3.45. The molecule has 0 amide bonds. The summed E-state index contributed by atoms with van der Waals surface area (Å²) in [5.41, 5.74) is 0.746. The van der Waals surface area contributed by atoms with Crippen LogP contribution < -0.4 is 4.72 Å². The Morgan fingerprint density at radius 1 is 1.20 bits per heavy atom. The summed E-state index contributed by atoms with van der Waals surface area (Å²) in [6.07, 6.45) is 0.458. The third kappa shape index (κ3) is 5.52. The maximum absolute atomic E-state index is 12.4. The average molecular weight is 378 g/mol. The van der Waals surface area contributed by atoms with Crippen LogP contribution in [0.2, 0.25) is 5.02 Å². The Kier molecular flexibility index (Phi) is 6.45. The van der Waals surface area contributed by atoms with Crippen molar-refractivity contribution in [2.24, 2.45) is 0 Å². The minimum Gasteiger partial charge on any atom is -0.469 e. The molecule has 0 spiro atoms. The molecule has 0 unspecified atom stereocenters. The van der Waals surface area contributed by atoms with E-state index < -0.39 is 10.0 Å². The van der Waals surface area contributed by atoms with Crippen molar-refractivity contribution in [2.45, 2.75) is 17.7 Å². The monoisotopic (exact) mass is 377 g/mol. The molecule has 0 saturated carbocycles. The van der Waals surface area contributed by atoms with Gasteiger partial charge in [-0.25, -0.2) is 8.42 Å². The maximum atomic E-state index is 12.4. The Hall–Kier alpha value is -2.49. The van der Waals surface area contributed by atoms with Crippen LogP contribution in [0.15, 0.2) is 53.4 Å². The number of hydrogen-bond donors (Lipinski definition) is 1. The molecule has 0 radical (unpaired) electrons. The van der Waals surface area contributed by atoms with E-state index in [9.17, 15) is 13.2 Å². The van der Waals surface area contributed by atoms with E-state index in [1.165, 1.54) is 19.2 Å². The molecule has 5 nitrogen and oxygen atoms in total. The first-order chi connectivity index (χ1) is 11.9. The lowest BCUT2D eigenvalue weighted by Gasteiger charge is -2.10. The average Bonchev–Trinajstić information content (AvgIpc) is 2.61. The lowest BCUT2D eigenvalue weighted by molar-refractivity contribution is -0.140. The standard InChI is InChI=1S/C18H16ClNO4S/c1-24-18(21)10-6-5-7-14-13-15(19)11-12-17(14)20-25(22,23)16-8-3-2-4-9-16/h2-4,8-9,11-13,20H,6,10H2,1H3. The van der Waals surface area contributed by atoms with E-state index in [2.05, 4.69) is 21.3 Å². The number of carbonyl (C=O) groups is 1. The summed E-state index contributed by atoms with van der Waals surface area (Å²) in [4.78, 5) is 11.2. The molecule has 0 bridgehead atoms. The van der Waals surface area contributed by atoms with E-state index in [1.54, 1.807) is 36.4 Å². The number of methoxy groups -OCH3 is 1. The van der Waals surface area contributed by atoms with E-state index >= 15 is 0 Å². The van der Waals surface area contributed by atoms with Crippen molar-refractivity contribution in [2.75, 3.05) is 11.8 Å². The van der Waals surface area contributed by atoms with Crippen molar-refractivity contribution in [1.82, 2.24) is 0 Å². The number of halogens is 1. The summed E-state index contributed by atoms with van der Waals surface area (Å²) in [7, 11) is -2.42. The molecule has 130 valence electrons. The van der Waals surface area contributed by atoms with Crippen molar-refractivity contribution < 1.29 is 17.9 Å². The number of nitrogens with one attached hydrogen (secondary N) is 1. The molecule has 2 aromatic carbocycles. The van der Waals surface area contributed by atoms with Gasteiger partial charge < -0.3 is 4.74 Å². The first kappa shape index (κ1) is 18.8. The maximum Gasteiger partial charge on any atom is 0.306 e. The van der Waals surface area contributed by atoms with Crippen LogP contribution in [-0.4, -0.2) is 21.5 Å². The highest BCUT2D eigenvalue weighted by molar-refractivity contribution is 7.92. The minimum atomic E-state index is -3.73. The Bertz CT molecular complexity index is 915. The first-order valence-corrected chi connectivity index (χ1v) is 9.21. The van der Waals surface area contributed by atoms with E-state index in [0.29, 0.717) is 22.7 Å². The van der Waals surface area contributed by atoms with Gasteiger partial charge in [0.2, 0.25) is 0 Å². The number of hydrogen-bond acceptors (Lipinski definition) is 4. The highest BCUT2D eigenvalue weighted by Crippen LogP contribution is 2.23. The summed E-state index contributed by atoms with van der Waals surface area (Å²) < 4.78 is 31.9. The van der Waals surface area contributed by atoms with Crippen molar-refractivity contribution in [3.05, 3.63) is 59.1 Å². The fourth-order valence-corrected chi connectivity index (χ4v) is 3.21. The molecule has 0 fully saturated rings. The smallest absolute Gasteiger partial charge is 0.306 e. The highest BCUT2D eigenvalue weighted by atomic mass is 35.5. The molecular weight excluding hydrogens is 362 g/mol. The normalized spacial score (nSPS) is 10.5. The van der Waals surface area contributed by atoms with Gasteiger partial charge in [0.15, 0.2) is 0 Å².